The summed E-state index contributed by atoms with van der Waals surface area (Å²) < 4.78 is 16.6. The minimum absolute atomic E-state index is 0.385. The first kappa shape index (κ1) is 12.2. The molecule has 3 rings (SSSR count). The average molecular weight is 256 g/mol. The van der Waals surface area contributed by atoms with Gasteiger partial charge in [0, 0.05) is 25.3 Å². The lowest BCUT2D eigenvalue weighted by Crippen LogP contribution is -2.11. The Kier molecular flexibility index (Phi) is 3.23. The first-order chi connectivity index (χ1) is 9.35. The number of benzene rings is 2. The molecule has 0 aliphatic carbocycles. The van der Waals surface area contributed by atoms with E-state index in [2.05, 4.69) is 12.1 Å². The van der Waals surface area contributed by atoms with E-state index in [0.29, 0.717) is 6.61 Å². The van der Waals surface area contributed by atoms with Gasteiger partial charge in [-0.15, -0.1) is 0 Å². The molecule has 1 aliphatic rings. The van der Waals surface area contributed by atoms with E-state index >= 15 is 0 Å². The van der Waals surface area contributed by atoms with Crippen molar-refractivity contribution in [1.29, 1.82) is 0 Å². The van der Waals surface area contributed by atoms with Gasteiger partial charge in [-0.2, -0.15) is 0 Å². The van der Waals surface area contributed by atoms with Crippen molar-refractivity contribution in [2.75, 3.05) is 14.2 Å². The van der Waals surface area contributed by atoms with E-state index in [0.717, 1.165) is 16.9 Å². The summed E-state index contributed by atoms with van der Waals surface area (Å²) in [6.45, 7) is 0.608. The number of methoxy groups -OCH3 is 2. The van der Waals surface area contributed by atoms with Gasteiger partial charge in [-0.3, -0.25) is 0 Å². The van der Waals surface area contributed by atoms with Crippen molar-refractivity contribution >= 4 is 0 Å². The van der Waals surface area contributed by atoms with E-state index < -0.39 is 0 Å². The minimum Gasteiger partial charge on any atom is -0.488 e. The number of hydrogen-bond donors (Lipinski definition) is 0. The average Bonchev–Trinajstić information content (AvgIpc) is 2.48. The van der Waals surface area contributed by atoms with E-state index in [9.17, 15) is 0 Å². The molecule has 3 heteroatoms. The highest BCUT2D eigenvalue weighted by molar-refractivity contribution is 5.78. The molecule has 98 valence electrons. The summed E-state index contributed by atoms with van der Waals surface area (Å²) in [5, 5.41) is 0. The Hall–Kier alpha value is -1.84. The summed E-state index contributed by atoms with van der Waals surface area (Å²) in [6.07, 6.45) is -0.385. The number of fused-ring (bicyclic) bond motifs is 3. The molecule has 19 heavy (non-hydrogen) atoms. The molecule has 2 aromatic rings. The second kappa shape index (κ2) is 5.03. The summed E-state index contributed by atoms with van der Waals surface area (Å²) in [5.41, 5.74) is 4.44. The van der Waals surface area contributed by atoms with Crippen LogP contribution in [-0.2, 0) is 16.1 Å². The van der Waals surface area contributed by atoms with Gasteiger partial charge in [0.2, 0.25) is 0 Å². The highest BCUT2D eigenvalue weighted by Gasteiger charge is 2.23. The fourth-order valence-corrected chi connectivity index (χ4v) is 2.55. The van der Waals surface area contributed by atoms with Gasteiger partial charge in [0.15, 0.2) is 6.29 Å². The number of hydrogen-bond acceptors (Lipinski definition) is 3. The molecular formula is C16H16O3. The second-order valence-electron chi connectivity index (χ2n) is 4.47. The van der Waals surface area contributed by atoms with Gasteiger partial charge >= 0.3 is 0 Å². The van der Waals surface area contributed by atoms with Crippen LogP contribution in [0.5, 0.6) is 5.75 Å². The zero-order chi connectivity index (χ0) is 13.2. The predicted octanol–water partition coefficient (Wildman–Crippen LogP) is 3.54. The van der Waals surface area contributed by atoms with Gasteiger partial charge in [0.25, 0.3) is 0 Å². The minimum atomic E-state index is -0.385. The Labute approximate surface area is 112 Å². The van der Waals surface area contributed by atoms with Gasteiger partial charge in [-0.1, -0.05) is 36.4 Å². The van der Waals surface area contributed by atoms with E-state index in [1.54, 1.807) is 14.2 Å². The maximum atomic E-state index is 5.82. The molecular weight excluding hydrogens is 240 g/mol. The second-order valence-corrected chi connectivity index (χ2v) is 4.47. The normalized spacial score (nSPS) is 12.8. The van der Waals surface area contributed by atoms with Crippen LogP contribution in [0, 0.1) is 0 Å². The van der Waals surface area contributed by atoms with Crippen molar-refractivity contribution in [2.24, 2.45) is 0 Å². The van der Waals surface area contributed by atoms with Crippen molar-refractivity contribution in [2.45, 2.75) is 12.9 Å². The lowest BCUT2D eigenvalue weighted by molar-refractivity contribution is -0.105. The van der Waals surface area contributed by atoms with Crippen LogP contribution in [0.3, 0.4) is 0 Å². The first-order valence-electron chi connectivity index (χ1n) is 6.24. The van der Waals surface area contributed by atoms with Crippen LogP contribution >= 0.6 is 0 Å². The molecule has 0 bridgehead atoms. The lowest BCUT2D eigenvalue weighted by atomic mass is 9.92. The Morgan fingerprint density at radius 2 is 1.79 bits per heavy atom. The van der Waals surface area contributed by atoms with Crippen LogP contribution in [0.2, 0.25) is 0 Å². The van der Waals surface area contributed by atoms with Gasteiger partial charge in [-0.05, 0) is 17.2 Å². The third kappa shape index (κ3) is 2.01. The van der Waals surface area contributed by atoms with E-state index in [1.807, 2.05) is 30.3 Å². The largest absolute Gasteiger partial charge is 0.488 e. The van der Waals surface area contributed by atoms with E-state index in [1.165, 1.54) is 11.1 Å². The van der Waals surface area contributed by atoms with Gasteiger partial charge < -0.3 is 14.2 Å². The smallest absolute Gasteiger partial charge is 0.183 e. The molecule has 0 atom stereocenters. The molecule has 0 radical (unpaired) electrons. The summed E-state index contributed by atoms with van der Waals surface area (Å²) in [7, 11) is 3.28. The van der Waals surface area contributed by atoms with Crippen LogP contribution in [0.15, 0.2) is 42.5 Å². The topological polar surface area (TPSA) is 27.7 Å². The molecule has 0 unspecified atom stereocenters. The van der Waals surface area contributed by atoms with Crippen molar-refractivity contribution in [3.8, 4) is 16.9 Å². The number of ether oxygens (including phenoxy) is 3. The molecule has 0 saturated carbocycles. The Morgan fingerprint density at radius 3 is 2.58 bits per heavy atom. The molecule has 0 spiro atoms. The maximum absolute atomic E-state index is 5.82. The van der Waals surface area contributed by atoms with Crippen LogP contribution in [0.25, 0.3) is 11.1 Å². The predicted molar refractivity (Wildman–Crippen MR) is 73.0 cm³/mol. The quantitative estimate of drug-likeness (QED) is 0.786. The van der Waals surface area contributed by atoms with Crippen molar-refractivity contribution in [1.82, 2.24) is 0 Å². The standard InChI is InChI=1S/C16H16O3/c1-17-16(18-2)13-8-5-9-14-15(13)12-7-4-3-6-11(12)10-19-14/h3-9,16H,10H2,1-2H3. The summed E-state index contributed by atoms with van der Waals surface area (Å²) in [4.78, 5) is 0. The lowest BCUT2D eigenvalue weighted by Gasteiger charge is -2.25. The number of rotatable bonds is 3. The molecule has 0 saturated heterocycles. The van der Waals surface area contributed by atoms with Crippen LogP contribution in [0.1, 0.15) is 17.4 Å². The molecule has 0 N–H and O–H groups in total. The zero-order valence-corrected chi connectivity index (χ0v) is 11.1. The van der Waals surface area contributed by atoms with E-state index in [-0.39, 0.29) is 6.29 Å². The summed E-state index contributed by atoms with van der Waals surface area (Å²) in [5.74, 6) is 0.885. The SMILES string of the molecule is COC(OC)c1cccc2c1-c1ccccc1CO2. The Balaban J connectivity index is 2.21. The zero-order valence-electron chi connectivity index (χ0n) is 11.1. The molecule has 1 heterocycles. The van der Waals surface area contributed by atoms with Gasteiger partial charge in [0.05, 0.1) is 0 Å². The van der Waals surface area contributed by atoms with Crippen LogP contribution < -0.4 is 4.74 Å². The fraction of sp³-hybridized carbons (Fsp3) is 0.250. The highest BCUT2D eigenvalue weighted by Crippen LogP contribution is 2.42. The third-order valence-electron chi connectivity index (χ3n) is 3.41. The Bertz CT molecular complexity index is 588. The van der Waals surface area contributed by atoms with E-state index in [4.69, 9.17) is 14.2 Å². The first-order valence-corrected chi connectivity index (χ1v) is 6.24. The van der Waals surface area contributed by atoms with Crippen molar-refractivity contribution in [3.05, 3.63) is 53.6 Å². The molecule has 3 nitrogen and oxygen atoms in total. The maximum Gasteiger partial charge on any atom is 0.183 e. The monoisotopic (exact) mass is 256 g/mol. The van der Waals surface area contributed by atoms with Gasteiger partial charge in [0.1, 0.15) is 12.4 Å². The van der Waals surface area contributed by atoms with Crippen molar-refractivity contribution in [3.63, 3.8) is 0 Å². The van der Waals surface area contributed by atoms with Crippen LogP contribution in [-0.4, -0.2) is 14.2 Å². The molecule has 0 amide bonds. The summed E-state index contributed by atoms with van der Waals surface area (Å²) >= 11 is 0. The third-order valence-corrected chi connectivity index (χ3v) is 3.41. The van der Waals surface area contributed by atoms with Crippen LogP contribution in [0.4, 0.5) is 0 Å². The van der Waals surface area contributed by atoms with Crippen molar-refractivity contribution < 1.29 is 14.2 Å². The molecule has 0 aromatic heterocycles. The highest BCUT2D eigenvalue weighted by atomic mass is 16.7. The fourth-order valence-electron chi connectivity index (χ4n) is 2.55. The summed E-state index contributed by atoms with van der Waals surface area (Å²) in [6, 6.07) is 14.2. The molecule has 0 fully saturated rings. The van der Waals surface area contributed by atoms with Gasteiger partial charge in [-0.25, -0.2) is 0 Å². The Morgan fingerprint density at radius 1 is 1.00 bits per heavy atom. The molecule has 1 aliphatic heterocycles. The molecule has 2 aromatic carbocycles.